The Balaban J connectivity index is 0.968. The van der Waals surface area contributed by atoms with Gasteiger partial charge in [0.1, 0.15) is 10.7 Å². The zero-order chi connectivity index (χ0) is 37.4. The number of Topliss-reactive ketones (excluding diaryl/α,β-unsaturated/α-hetero) is 1. The number of hydrogen-bond acceptors (Lipinski definition) is 11. The summed E-state index contributed by atoms with van der Waals surface area (Å²) in [5, 5.41) is 16.8. The van der Waals surface area contributed by atoms with E-state index >= 15 is 0 Å². The fraction of sp³-hybridized carbons (Fsp3) is 0.541. The van der Waals surface area contributed by atoms with Gasteiger partial charge in [-0.05, 0) is 84.8 Å². The van der Waals surface area contributed by atoms with E-state index in [1.165, 1.54) is 22.7 Å². The number of amides is 4. The number of aliphatic imine (C=N–C) groups is 2. The highest BCUT2D eigenvalue weighted by Gasteiger charge is 2.42. The molecule has 2 aromatic rings. The number of rotatable bonds is 14. The van der Waals surface area contributed by atoms with Crippen LogP contribution in [-0.4, -0.2) is 80.5 Å². The molecule has 2 aromatic heterocycles. The summed E-state index contributed by atoms with van der Waals surface area (Å²) in [4.78, 5) is 82.9. The Morgan fingerprint density at radius 2 is 1.31 bits per heavy atom. The maximum Gasteiger partial charge on any atom is 0.253 e. The van der Waals surface area contributed by atoms with Crippen molar-refractivity contribution in [2.24, 2.45) is 9.98 Å². The summed E-state index contributed by atoms with van der Waals surface area (Å²) in [5.41, 5.74) is 3.93. The van der Waals surface area contributed by atoms with E-state index in [0.717, 1.165) is 52.0 Å². The molecule has 276 valence electrons. The quantitative estimate of drug-likeness (QED) is 0.212. The Kier molecular flexibility index (Phi) is 10.7. The third-order valence-electron chi connectivity index (χ3n) is 9.94. The topological polar surface area (TPSA) is 184 Å². The summed E-state index contributed by atoms with van der Waals surface area (Å²) < 4.78 is 0. The first-order valence-corrected chi connectivity index (χ1v) is 19.6. The Morgan fingerprint density at radius 3 is 1.85 bits per heavy atom. The molecule has 2 atom stereocenters. The Bertz CT molecular complexity index is 1950. The maximum absolute atomic E-state index is 13.0. The summed E-state index contributed by atoms with van der Waals surface area (Å²) in [6, 6.07) is 0.324. The van der Waals surface area contributed by atoms with E-state index in [2.05, 4.69) is 41.2 Å². The Morgan fingerprint density at radius 1 is 0.769 bits per heavy atom. The van der Waals surface area contributed by atoms with Crippen LogP contribution in [0.2, 0.25) is 0 Å². The molecule has 0 aliphatic carbocycles. The number of ketones is 1. The number of nitrogens with one attached hydrogen (secondary N) is 4. The summed E-state index contributed by atoms with van der Waals surface area (Å²) in [6.45, 7) is 11.7. The smallest absolute Gasteiger partial charge is 0.253 e. The second kappa shape index (κ2) is 14.9. The second-order valence-corrected chi connectivity index (χ2v) is 16.9. The molecule has 6 rings (SSSR count). The number of aryl methyl sites for hydroxylation is 2. The SMILES string of the molecule is C[C@H]1CCC(C2=C(CC(=O)NCC(=O)c3csc(CCc4csc(CNC(=O)CC5=C(C6=N[C@@H](C)CC6)C(=O)NC5(C)C)n4)n3)C(C)(C)NC2=O)=N1. The van der Waals surface area contributed by atoms with Gasteiger partial charge in [0.25, 0.3) is 11.8 Å². The van der Waals surface area contributed by atoms with Gasteiger partial charge >= 0.3 is 0 Å². The number of carbonyl (C=O) groups excluding carboxylic acids is 5. The van der Waals surface area contributed by atoms with Gasteiger partial charge in [-0.1, -0.05) is 0 Å². The van der Waals surface area contributed by atoms with Crippen LogP contribution in [0.1, 0.15) is 106 Å². The van der Waals surface area contributed by atoms with Crippen LogP contribution in [-0.2, 0) is 38.6 Å². The van der Waals surface area contributed by atoms with Crippen molar-refractivity contribution >= 4 is 63.5 Å². The molecule has 52 heavy (non-hydrogen) atoms. The number of hydrogen-bond donors (Lipinski definition) is 4. The van der Waals surface area contributed by atoms with Gasteiger partial charge in [0.05, 0.1) is 58.9 Å². The van der Waals surface area contributed by atoms with E-state index in [4.69, 9.17) is 0 Å². The van der Waals surface area contributed by atoms with Crippen LogP contribution in [0.4, 0.5) is 0 Å². The molecule has 0 fully saturated rings. The number of thiazole rings is 2. The summed E-state index contributed by atoms with van der Waals surface area (Å²) in [5.74, 6) is -1.18. The van der Waals surface area contributed by atoms with Crippen molar-refractivity contribution in [1.29, 1.82) is 0 Å². The standard InChI is InChI=1S/C37H46N8O5S2/c1-19-7-10-24(40-19)32-22(36(3,4)44-34(32)49)13-28(47)38-15-27(46)26-18-52-30(43-26)12-9-21-17-51-31(42-21)16-39-29(48)14-23-33(25-11-8-20(2)41-25)35(50)45-37(23,5)6/h17-20H,7-16H2,1-6H3,(H,38,47)(H,39,48)(H,44,49)(H,45,50)/t19-,20-/m0/s1. The molecule has 0 bridgehead atoms. The summed E-state index contributed by atoms with van der Waals surface area (Å²) in [7, 11) is 0. The van der Waals surface area contributed by atoms with Gasteiger partial charge in [-0.25, -0.2) is 9.97 Å². The molecule has 13 nitrogen and oxygen atoms in total. The minimum atomic E-state index is -0.683. The molecule has 6 heterocycles. The lowest BCUT2D eigenvalue weighted by molar-refractivity contribution is -0.121. The summed E-state index contributed by atoms with van der Waals surface area (Å²) in [6.07, 6.45) is 4.52. The normalized spacial score (nSPS) is 22.0. The first-order valence-electron chi connectivity index (χ1n) is 17.8. The molecular weight excluding hydrogens is 701 g/mol. The minimum absolute atomic E-state index is 0.00535. The third-order valence-corrected chi connectivity index (χ3v) is 11.7. The van der Waals surface area contributed by atoms with E-state index in [1.54, 1.807) is 5.38 Å². The van der Waals surface area contributed by atoms with Gasteiger partial charge in [-0.3, -0.25) is 34.0 Å². The van der Waals surface area contributed by atoms with Crippen LogP contribution in [0.15, 0.2) is 43.0 Å². The molecule has 0 saturated carbocycles. The third kappa shape index (κ3) is 8.30. The molecule has 4 N–H and O–H groups in total. The van der Waals surface area contributed by atoms with Gasteiger partial charge in [0.2, 0.25) is 17.6 Å². The average Bonchev–Trinajstić information content (AvgIpc) is 3.92. The van der Waals surface area contributed by atoms with E-state index in [9.17, 15) is 24.0 Å². The number of nitrogens with zero attached hydrogens (tertiary/aromatic N) is 4. The van der Waals surface area contributed by atoms with Crippen molar-refractivity contribution in [3.63, 3.8) is 0 Å². The molecule has 15 heteroatoms. The van der Waals surface area contributed by atoms with Gasteiger partial charge in [-0.15, -0.1) is 22.7 Å². The van der Waals surface area contributed by atoms with Crippen LogP contribution in [0.5, 0.6) is 0 Å². The highest BCUT2D eigenvalue weighted by Crippen LogP contribution is 2.34. The maximum atomic E-state index is 13.0. The molecule has 0 aromatic carbocycles. The minimum Gasteiger partial charge on any atom is -0.349 e. The van der Waals surface area contributed by atoms with E-state index in [0.29, 0.717) is 41.7 Å². The predicted molar refractivity (Wildman–Crippen MR) is 201 cm³/mol. The van der Waals surface area contributed by atoms with E-state index in [1.807, 2.05) is 46.9 Å². The van der Waals surface area contributed by atoms with Crippen molar-refractivity contribution in [3.05, 3.63) is 54.5 Å². The van der Waals surface area contributed by atoms with E-state index in [-0.39, 0.29) is 67.4 Å². The number of aromatic nitrogens is 2. The van der Waals surface area contributed by atoms with Crippen LogP contribution in [0.3, 0.4) is 0 Å². The van der Waals surface area contributed by atoms with Gasteiger partial charge in [0, 0.05) is 40.7 Å². The van der Waals surface area contributed by atoms with Crippen molar-refractivity contribution in [3.8, 4) is 0 Å². The molecule has 4 aliphatic rings. The van der Waals surface area contributed by atoms with Crippen molar-refractivity contribution in [2.75, 3.05) is 6.54 Å². The lowest BCUT2D eigenvalue weighted by atomic mass is 9.89. The number of carbonyl (C=O) groups is 5. The Labute approximate surface area is 311 Å². The monoisotopic (exact) mass is 746 g/mol. The largest absolute Gasteiger partial charge is 0.349 e. The highest BCUT2D eigenvalue weighted by molar-refractivity contribution is 7.10. The predicted octanol–water partition coefficient (Wildman–Crippen LogP) is 3.74. The van der Waals surface area contributed by atoms with Gasteiger partial charge in [-0.2, -0.15) is 0 Å². The van der Waals surface area contributed by atoms with Crippen molar-refractivity contribution < 1.29 is 24.0 Å². The highest BCUT2D eigenvalue weighted by atomic mass is 32.1. The lowest BCUT2D eigenvalue weighted by Gasteiger charge is -2.22. The van der Waals surface area contributed by atoms with Crippen LogP contribution >= 0.6 is 22.7 Å². The van der Waals surface area contributed by atoms with Crippen LogP contribution in [0.25, 0.3) is 0 Å². The first-order chi connectivity index (χ1) is 24.6. The van der Waals surface area contributed by atoms with Crippen molar-refractivity contribution in [1.82, 2.24) is 31.2 Å². The summed E-state index contributed by atoms with van der Waals surface area (Å²) >= 11 is 2.84. The first kappa shape index (κ1) is 37.4. The van der Waals surface area contributed by atoms with E-state index < -0.39 is 11.1 Å². The molecule has 0 radical (unpaired) electrons. The molecule has 0 unspecified atom stereocenters. The van der Waals surface area contributed by atoms with Crippen molar-refractivity contribution in [2.45, 2.75) is 123 Å². The van der Waals surface area contributed by atoms with Gasteiger partial charge < -0.3 is 21.3 Å². The zero-order valence-electron chi connectivity index (χ0n) is 30.5. The van der Waals surface area contributed by atoms with Gasteiger partial charge in [0.15, 0.2) is 0 Å². The zero-order valence-corrected chi connectivity index (χ0v) is 32.2. The molecular formula is C37H46N8O5S2. The van der Waals surface area contributed by atoms with Crippen LogP contribution in [0, 0.1) is 0 Å². The fourth-order valence-electron chi connectivity index (χ4n) is 7.06. The molecule has 0 saturated heterocycles. The molecule has 4 aliphatic heterocycles. The fourth-order valence-corrected chi connectivity index (χ4v) is 8.63. The average molecular weight is 747 g/mol. The Hall–Kier alpha value is -4.37. The molecule has 0 spiro atoms. The van der Waals surface area contributed by atoms with Crippen LogP contribution < -0.4 is 21.3 Å². The second-order valence-electron chi connectivity index (χ2n) is 15.0. The molecule has 4 amide bonds. The lowest BCUT2D eigenvalue weighted by Crippen LogP contribution is -2.40.